The molecule has 0 aromatic heterocycles. The molecular formula is C15H23NO3. The SMILES string of the molecule is CNC(CC1CCCO1)c1ccc(OC)c(OC)c1. The molecule has 1 heterocycles. The van der Waals surface area contributed by atoms with E-state index in [9.17, 15) is 0 Å². The van der Waals surface area contributed by atoms with Gasteiger partial charge in [-0.1, -0.05) is 6.07 Å². The van der Waals surface area contributed by atoms with Gasteiger partial charge in [0.05, 0.1) is 20.3 Å². The van der Waals surface area contributed by atoms with E-state index in [0.29, 0.717) is 6.10 Å². The van der Waals surface area contributed by atoms with Gasteiger partial charge in [-0.2, -0.15) is 0 Å². The Balaban J connectivity index is 2.12. The smallest absolute Gasteiger partial charge is 0.161 e. The molecule has 19 heavy (non-hydrogen) atoms. The average molecular weight is 265 g/mol. The minimum Gasteiger partial charge on any atom is -0.493 e. The Kier molecular flexibility index (Phi) is 5.05. The average Bonchev–Trinajstić information content (AvgIpc) is 2.97. The Labute approximate surface area is 115 Å². The van der Waals surface area contributed by atoms with Crippen LogP contribution in [0, 0.1) is 0 Å². The van der Waals surface area contributed by atoms with Gasteiger partial charge in [0.2, 0.25) is 0 Å². The second-order valence-corrected chi connectivity index (χ2v) is 4.83. The molecule has 1 aliphatic rings. The lowest BCUT2D eigenvalue weighted by Crippen LogP contribution is -2.22. The predicted octanol–water partition coefficient (Wildman–Crippen LogP) is 2.53. The molecule has 1 saturated heterocycles. The monoisotopic (exact) mass is 265 g/mol. The van der Waals surface area contributed by atoms with Gasteiger partial charge in [0, 0.05) is 12.6 Å². The molecular weight excluding hydrogens is 242 g/mol. The summed E-state index contributed by atoms with van der Waals surface area (Å²) in [6.45, 7) is 0.896. The van der Waals surface area contributed by atoms with Crippen LogP contribution in [-0.4, -0.2) is 34.0 Å². The normalized spacial score (nSPS) is 20.3. The van der Waals surface area contributed by atoms with E-state index in [1.165, 1.54) is 12.0 Å². The first-order chi connectivity index (χ1) is 9.28. The summed E-state index contributed by atoms with van der Waals surface area (Å²) >= 11 is 0. The number of rotatable bonds is 6. The van der Waals surface area contributed by atoms with Crippen molar-refractivity contribution in [1.29, 1.82) is 0 Å². The fourth-order valence-corrected chi connectivity index (χ4v) is 2.58. The molecule has 2 atom stereocenters. The molecule has 0 aliphatic carbocycles. The molecule has 0 saturated carbocycles. The molecule has 2 unspecified atom stereocenters. The topological polar surface area (TPSA) is 39.7 Å². The highest BCUT2D eigenvalue weighted by Gasteiger charge is 2.21. The molecule has 2 rings (SSSR count). The summed E-state index contributed by atoms with van der Waals surface area (Å²) in [5, 5.41) is 3.36. The summed E-state index contributed by atoms with van der Waals surface area (Å²) in [5.41, 5.74) is 1.20. The quantitative estimate of drug-likeness (QED) is 0.858. The minimum absolute atomic E-state index is 0.280. The first kappa shape index (κ1) is 14.2. The maximum Gasteiger partial charge on any atom is 0.161 e. The van der Waals surface area contributed by atoms with E-state index in [2.05, 4.69) is 11.4 Å². The number of methoxy groups -OCH3 is 2. The fraction of sp³-hybridized carbons (Fsp3) is 0.600. The second kappa shape index (κ2) is 6.78. The van der Waals surface area contributed by atoms with Crippen molar-refractivity contribution in [2.45, 2.75) is 31.4 Å². The van der Waals surface area contributed by atoms with Crippen molar-refractivity contribution < 1.29 is 14.2 Å². The molecule has 1 aromatic carbocycles. The highest BCUT2D eigenvalue weighted by atomic mass is 16.5. The first-order valence-corrected chi connectivity index (χ1v) is 6.79. The molecule has 1 aliphatic heterocycles. The van der Waals surface area contributed by atoms with Crippen LogP contribution in [0.1, 0.15) is 30.9 Å². The van der Waals surface area contributed by atoms with Crippen LogP contribution in [0.15, 0.2) is 18.2 Å². The fourth-order valence-electron chi connectivity index (χ4n) is 2.58. The maximum absolute atomic E-state index is 5.71. The third kappa shape index (κ3) is 3.39. The van der Waals surface area contributed by atoms with E-state index in [1.807, 2.05) is 19.2 Å². The van der Waals surface area contributed by atoms with Crippen LogP contribution < -0.4 is 14.8 Å². The van der Waals surface area contributed by atoms with Crippen molar-refractivity contribution in [3.63, 3.8) is 0 Å². The van der Waals surface area contributed by atoms with Gasteiger partial charge in [0.25, 0.3) is 0 Å². The van der Waals surface area contributed by atoms with Crippen molar-refractivity contribution in [2.75, 3.05) is 27.9 Å². The third-order valence-electron chi connectivity index (χ3n) is 3.68. The van der Waals surface area contributed by atoms with E-state index < -0.39 is 0 Å². The summed E-state index contributed by atoms with van der Waals surface area (Å²) in [4.78, 5) is 0. The van der Waals surface area contributed by atoms with Crippen molar-refractivity contribution in [3.8, 4) is 11.5 Å². The highest BCUT2D eigenvalue weighted by molar-refractivity contribution is 5.43. The standard InChI is InChI=1S/C15H23NO3/c1-16-13(10-12-5-4-8-19-12)11-6-7-14(17-2)15(9-11)18-3/h6-7,9,12-13,16H,4-5,8,10H2,1-3H3. The number of nitrogens with one attached hydrogen (secondary N) is 1. The molecule has 1 N–H and O–H groups in total. The number of hydrogen-bond donors (Lipinski definition) is 1. The summed E-state index contributed by atoms with van der Waals surface area (Å²) in [6.07, 6.45) is 3.69. The van der Waals surface area contributed by atoms with Gasteiger partial charge in [-0.15, -0.1) is 0 Å². The van der Waals surface area contributed by atoms with Crippen LogP contribution in [0.3, 0.4) is 0 Å². The van der Waals surface area contributed by atoms with E-state index >= 15 is 0 Å². The van der Waals surface area contributed by atoms with Gasteiger partial charge in [-0.3, -0.25) is 0 Å². The van der Waals surface area contributed by atoms with Crippen LogP contribution in [0.2, 0.25) is 0 Å². The Morgan fingerprint density at radius 2 is 2.11 bits per heavy atom. The molecule has 106 valence electrons. The predicted molar refractivity (Wildman–Crippen MR) is 74.9 cm³/mol. The molecule has 0 radical (unpaired) electrons. The van der Waals surface area contributed by atoms with Gasteiger partial charge < -0.3 is 19.5 Å². The second-order valence-electron chi connectivity index (χ2n) is 4.83. The van der Waals surface area contributed by atoms with Crippen LogP contribution in [0.4, 0.5) is 0 Å². The third-order valence-corrected chi connectivity index (χ3v) is 3.68. The van der Waals surface area contributed by atoms with Crippen molar-refractivity contribution in [1.82, 2.24) is 5.32 Å². The largest absolute Gasteiger partial charge is 0.493 e. The van der Waals surface area contributed by atoms with Crippen LogP contribution in [-0.2, 0) is 4.74 Å². The first-order valence-electron chi connectivity index (χ1n) is 6.79. The van der Waals surface area contributed by atoms with Gasteiger partial charge in [-0.25, -0.2) is 0 Å². The lowest BCUT2D eigenvalue weighted by molar-refractivity contribution is 0.0953. The van der Waals surface area contributed by atoms with E-state index in [4.69, 9.17) is 14.2 Å². The molecule has 4 nitrogen and oxygen atoms in total. The van der Waals surface area contributed by atoms with E-state index in [0.717, 1.165) is 30.9 Å². The summed E-state index contributed by atoms with van der Waals surface area (Å²) in [6, 6.07) is 6.35. The maximum atomic E-state index is 5.71. The molecule has 1 aromatic rings. The van der Waals surface area contributed by atoms with E-state index in [-0.39, 0.29) is 6.04 Å². The lowest BCUT2D eigenvalue weighted by Gasteiger charge is -2.21. The Bertz CT molecular complexity index is 402. The van der Waals surface area contributed by atoms with Gasteiger partial charge in [0.15, 0.2) is 11.5 Å². The van der Waals surface area contributed by atoms with Crippen LogP contribution in [0.5, 0.6) is 11.5 Å². The van der Waals surface area contributed by atoms with Crippen molar-refractivity contribution in [2.24, 2.45) is 0 Å². The van der Waals surface area contributed by atoms with Crippen molar-refractivity contribution in [3.05, 3.63) is 23.8 Å². The lowest BCUT2D eigenvalue weighted by atomic mass is 9.99. The molecule has 4 heteroatoms. The summed E-state index contributed by atoms with van der Waals surface area (Å²) < 4.78 is 16.3. The van der Waals surface area contributed by atoms with Crippen LogP contribution in [0.25, 0.3) is 0 Å². The van der Waals surface area contributed by atoms with Crippen molar-refractivity contribution >= 4 is 0 Å². The summed E-state index contributed by atoms with van der Waals surface area (Å²) in [5.74, 6) is 1.53. The molecule has 0 amide bonds. The van der Waals surface area contributed by atoms with Crippen LogP contribution >= 0.6 is 0 Å². The zero-order valence-corrected chi connectivity index (χ0v) is 11.9. The number of ether oxygens (including phenoxy) is 3. The van der Waals surface area contributed by atoms with Gasteiger partial charge in [0.1, 0.15) is 0 Å². The Hall–Kier alpha value is -1.26. The van der Waals surface area contributed by atoms with E-state index in [1.54, 1.807) is 14.2 Å². The Morgan fingerprint density at radius 3 is 2.68 bits per heavy atom. The zero-order valence-electron chi connectivity index (χ0n) is 11.9. The summed E-state index contributed by atoms with van der Waals surface area (Å²) in [7, 11) is 5.30. The zero-order chi connectivity index (χ0) is 13.7. The molecule has 1 fully saturated rings. The molecule has 0 bridgehead atoms. The van der Waals surface area contributed by atoms with Gasteiger partial charge >= 0.3 is 0 Å². The Morgan fingerprint density at radius 1 is 1.32 bits per heavy atom. The number of hydrogen-bond acceptors (Lipinski definition) is 4. The highest BCUT2D eigenvalue weighted by Crippen LogP contribution is 2.32. The molecule has 0 spiro atoms. The minimum atomic E-state index is 0.280. The van der Waals surface area contributed by atoms with Gasteiger partial charge in [-0.05, 0) is 44.0 Å². The number of benzene rings is 1.